The standard InChI is InChI=1S/C26H32N6/c1-27-26(30-20-24-11-7-8-14-28-24)29-19-22-9-5-6-10-23(22)21-31-15-17-32(18-16-31)25-12-3-2-4-13-25/h2-14H,15-21H2,1H3,(H2,27,29,30). The highest BCUT2D eigenvalue weighted by Gasteiger charge is 2.18. The zero-order chi connectivity index (χ0) is 22.0. The summed E-state index contributed by atoms with van der Waals surface area (Å²) in [7, 11) is 1.80. The first-order valence-corrected chi connectivity index (χ1v) is 11.3. The second-order valence-electron chi connectivity index (χ2n) is 7.97. The van der Waals surface area contributed by atoms with Gasteiger partial charge in [0, 0.05) is 58.2 Å². The molecule has 6 heteroatoms. The smallest absolute Gasteiger partial charge is 0.191 e. The van der Waals surface area contributed by atoms with Crippen LogP contribution in [0.4, 0.5) is 5.69 Å². The SMILES string of the molecule is CN=C(NCc1ccccn1)NCc1ccccc1CN1CCN(c2ccccc2)CC1. The van der Waals surface area contributed by atoms with Gasteiger partial charge in [-0.05, 0) is 35.4 Å². The Hall–Kier alpha value is -3.38. The minimum atomic E-state index is 0.647. The summed E-state index contributed by atoms with van der Waals surface area (Å²) in [6, 6.07) is 25.3. The molecule has 1 aromatic heterocycles. The van der Waals surface area contributed by atoms with Gasteiger partial charge in [-0.1, -0.05) is 48.5 Å². The Labute approximate surface area is 191 Å². The highest BCUT2D eigenvalue weighted by Crippen LogP contribution is 2.18. The topological polar surface area (TPSA) is 55.8 Å². The molecule has 1 fully saturated rings. The van der Waals surface area contributed by atoms with Gasteiger partial charge in [-0.15, -0.1) is 0 Å². The average Bonchev–Trinajstić information content (AvgIpc) is 2.87. The van der Waals surface area contributed by atoms with E-state index in [0.29, 0.717) is 6.54 Å². The molecule has 0 unspecified atom stereocenters. The van der Waals surface area contributed by atoms with E-state index >= 15 is 0 Å². The number of hydrogen-bond acceptors (Lipinski definition) is 4. The van der Waals surface area contributed by atoms with Crippen LogP contribution < -0.4 is 15.5 Å². The van der Waals surface area contributed by atoms with Crippen LogP contribution >= 0.6 is 0 Å². The average molecular weight is 429 g/mol. The van der Waals surface area contributed by atoms with Crippen molar-refractivity contribution in [3.63, 3.8) is 0 Å². The van der Waals surface area contributed by atoms with E-state index < -0.39 is 0 Å². The highest BCUT2D eigenvalue weighted by atomic mass is 15.3. The van der Waals surface area contributed by atoms with Crippen LogP contribution in [-0.2, 0) is 19.6 Å². The molecule has 0 bridgehead atoms. The normalized spacial score (nSPS) is 14.9. The molecular weight excluding hydrogens is 396 g/mol. The number of nitrogens with one attached hydrogen (secondary N) is 2. The summed E-state index contributed by atoms with van der Waals surface area (Å²) in [6.07, 6.45) is 1.81. The number of aliphatic imine (C=N–C) groups is 1. The van der Waals surface area contributed by atoms with Gasteiger partial charge in [0.05, 0.1) is 12.2 Å². The molecular formula is C26H32N6. The zero-order valence-corrected chi connectivity index (χ0v) is 18.7. The molecule has 2 heterocycles. The van der Waals surface area contributed by atoms with Gasteiger partial charge in [0.1, 0.15) is 0 Å². The molecule has 0 atom stereocenters. The number of benzene rings is 2. The molecule has 3 aromatic rings. The molecule has 0 spiro atoms. The van der Waals surface area contributed by atoms with Crippen molar-refractivity contribution in [2.75, 3.05) is 38.1 Å². The van der Waals surface area contributed by atoms with Crippen LogP contribution in [0.2, 0.25) is 0 Å². The number of guanidine groups is 1. The summed E-state index contributed by atoms with van der Waals surface area (Å²) in [5, 5.41) is 6.78. The lowest BCUT2D eigenvalue weighted by atomic mass is 10.1. The van der Waals surface area contributed by atoms with E-state index in [0.717, 1.165) is 50.9 Å². The maximum absolute atomic E-state index is 4.35. The third kappa shape index (κ3) is 6.08. The van der Waals surface area contributed by atoms with E-state index in [9.17, 15) is 0 Å². The fraction of sp³-hybridized carbons (Fsp3) is 0.308. The van der Waals surface area contributed by atoms with Gasteiger partial charge in [-0.2, -0.15) is 0 Å². The van der Waals surface area contributed by atoms with Gasteiger partial charge < -0.3 is 15.5 Å². The van der Waals surface area contributed by atoms with Gasteiger partial charge in [0.2, 0.25) is 0 Å². The first kappa shape index (κ1) is 21.8. The molecule has 0 amide bonds. The number of nitrogens with zero attached hydrogens (tertiary/aromatic N) is 4. The summed E-state index contributed by atoms with van der Waals surface area (Å²) in [4.78, 5) is 13.7. The summed E-state index contributed by atoms with van der Waals surface area (Å²) in [5.41, 5.74) is 4.99. The summed E-state index contributed by atoms with van der Waals surface area (Å²) in [6.45, 7) is 6.63. The van der Waals surface area contributed by atoms with Crippen LogP contribution in [0, 0.1) is 0 Å². The number of rotatable bonds is 7. The van der Waals surface area contributed by atoms with Crippen molar-refractivity contribution in [1.29, 1.82) is 0 Å². The largest absolute Gasteiger partial charge is 0.369 e. The van der Waals surface area contributed by atoms with Crippen LogP contribution in [0.1, 0.15) is 16.8 Å². The lowest BCUT2D eigenvalue weighted by Gasteiger charge is -2.36. The van der Waals surface area contributed by atoms with Gasteiger partial charge in [-0.25, -0.2) is 0 Å². The fourth-order valence-electron chi connectivity index (χ4n) is 4.00. The van der Waals surface area contributed by atoms with Gasteiger partial charge >= 0.3 is 0 Å². The Morgan fingerprint density at radius 2 is 1.50 bits per heavy atom. The lowest BCUT2D eigenvalue weighted by Crippen LogP contribution is -2.46. The molecule has 2 aromatic carbocycles. The van der Waals surface area contributed by atoms with Gasteiger partial charge in [-0.3, -0.25) is 14.9 Å². The second-order valence-corrected chi connectivity index (χ2v) is 7.97. The molecule has 32 heavy (non-hydrogen) atoms. The fourth-order valence-corrected chi connectivity index (χ4v) is 4.00. The van der Waals surface area contributed by atoms with Crippen molar-refractivity contribution in [3.05, 3.63) is 95.8 Å². The summed E-state index contributed by atoms with van der Waals surface area (Å²) >= 11 is 0. The van der Waals surface area contributed by atoms with Crippen LogP contribution in [0.5, 0.6) is 0 Å². The van der Waals surface area contributed by atoms with Crippen LogP contribution in [0.15, 0.2) is 84.0 Å². The molecule has 0 radical (unpaired) electrons. The maximum atomic E-state index is 4.35. The molecule has 4 rings (SSSR count). The number of piperazine rings is 1. The van der Waals surface area contributed by atoms with Gasteiger partial charge in [0.15, 0.2) is 5.96 Å². The third-order valence-electron chi connectivity index (χ3n) is 5.84. The lowest BCUT2D eigenvalue weighted by molar-refractivity contribution is 0.249. The molecule has 6 nitrogen and oxygen atoms in total. The first-order valence-electron chi connectivity index (χ1n) is 11.3. The second kappa shape index (κ2) is 11.3. The Bertz CT molecular complexity index is 981. The molecule has 1 aliphatic heterocycles. The Morgan fingerprint density at radius 3 is 2.22 bits per heavy atom. The number of para-hydroxylation sites is 1. The van der Waals surface area contributed by atoms with E-state index in [2.05, 4.69) is 85.0 Å². The van der Waals surface area contributed by atoms with E-state index in [1.54, 1.807) is 7.05 Å². The van der Waals surface area contributed by atoms with Crippen LogP contribution in [0.3, 0.4) is 0 Å². The minimum absolute atomic E-state index is 0.647. The molecule has 1 saturated heterocycles. The first-order chi connectivity index (χ1) is 15.8. The minimum Gasteiger partial charge on any atom is -0.369 e. The zero-order valence-electron chi connectivity index (χ0n) is 18.7. The van der Waals surface area contributed by atoms with Crippen molar-refractivity contribution in [3.8, 4) is 0 Å². The number of anilines is 1. The molecule has 0 aliphatic carbocycles. The van der Waals surface area contributed by atoms with E-state index in [-0.39, 0.29) is 0 Å². The number of pyridine rings is 1. The van der Waals surface area contributed by atoms with Crippen molar-refractivity contribution in [2.45, 2.75) is 19.6 Å². The Morgan fingerprint density at radius 1 is 0.812 bits per heavy atom. The Balaban J connectivity index is 1.29. The third-order valence-corrected chi connectivity index (χ3v) is 5.84. The predicted molar refractivity (Wildman–Crippen MR) is 132 cm³/mol. The van der Waals surface area contributed by atoms with E-state index in [1.165, 1.54) is 16.8 Å². The van der Waals surface area contributed by atoms with Crippen molar-refractivity contribution >= 4 is 11.6 Å². The quantitative estimate of drug-likeness (QED) is 0.447. The van der Waals surface area contributed by atoms with Gasteiger partial charge in [0.25, 0.3) is 0 Å². The monoisotopic (exact) mass is 428 g/mol. The van der Waals surface area contributed by atoms with Crippen molar-refractivity contribution < 1.29 is 0 Å². The van der Waals surface area contributed by atoms with E-state index in [4.69, 9.17) is 0 Å². The number of aromatic nitrogens is 1. The van der Waals surface area contributed by atoms with Crippen molar-refractivity contribution in [1.82, 2.24) is 20.5 Å². The maximum Gasteiger partial charge on any atom is 0.191 e. The van der Waals surface area contributed by atoms with E-state index in [1.807, 2.05) is 24.4 Å². The highest BCUT2D eigenvalue weighted by molar-refractivity contribution is 5.79. The van der Waals surface area contributed by atoms with Crippen LogP contribution in [-0.4, -0.2) is 49.1 Å². The molecule has 2 N–H and O–H groups in total. The number of hydrogen-bond donors (Lipinski definition) is 2. The molecule has 0 saturated carbocycles. The molecule has 166 valence electrons. The summed E-state index contributed by atoms with van der Waals surface area (Å²) in [5.74, 6) is 0.780. The molecule has 1 aliphatic rings. The predicted octanol–water partition coefficient (Wildman–Crippen LogP) is 3.27. The summed E-state index contributed by atoms with van der Waals surface area (Å²) < 4.78 is 0. The Kier molecular flexibility index (Phi) is 7.71. The van der Waals surface area contributed by atoms with Crippen LogP contribution in [0.25, 0.3) is 0 Å². The van der Waals surface area contributed by atoms with Crippen molar-refractivity contribution in [2.24, 2.45) is 4.99 Å².